The Bertz CT molecular complexity index is 274. The van der Waals surface area contributed by atoms with Crippen LogP contribution in [-0.4, -0.2) is 15.6 Å². The van der Waals surface area contributed by atoms with Crippen LogP contribution in [0.5, 0.6) is 0 Å². The molecule has 0 saturated carbocycles. The van der Waals surface area contributed by atoms with E-state index in [1.54, 1.807) is 0 Å². The minimum atomic E-state index is -1.02. The van der Waals surface area contributed by atoms with Gasteiger partial charge in [0, 0.05) is 6.61 Å². The van der Waals surface area contributed by atoms with Crippen molar-refractivity contribution in [3.05, 3.63) is 35.9 Å². The average Bonchev–Trinajstić information content (AvgIpc) is 2.24. The van der Waals surface area contributed by atoms with Gasteiger partial charge in [0.1, 0.15) is 0 Å². The second kappa shape index (κ2) is 6.87. The maximum absolute atomic E-state index is 6.11. The van der Waals surface area contributed by atoms with Crippen LogP contribution in [0.4, 0.5) is 0 Å². The van der Waals surface area contributed by atoms with Crippen LogP contribution < -0.4 is 0 Å². The SMILES string of the molecule is CC(C)[SiH](OCCc1ccccc1)C(C)C. The fraction of sp³-hybridized carbons (Fsp3) is 0.571. The first kappa shape index (κ1) is 13.5. The van der Waals surface area contributed by atoms with Gasteiger partial charge in [-0.15, -0.1) is 0 Å². The van der Waals surface area contributed by atoms with Crippen molar-refractivity contribution in [3.8, 4) is 0 Å². The Morgan fingerprint density at radius 1 is 1.00 bits per heavy atom. The van der Waals surface area contributed by atoms with Gasteiger partial charge < -0.3 is 4.43 Å². The lowest BCUT2D eigenvalue weighted by atomic mass is 10.2. The smallest absolute Gasteiger partial charge is 0.181 e. The van der Waals surface area contributed by atoms with Crippen LogP contribution in [0.3, 0.4) is 0 Å². The molecule has 2 heteroatoms. The molecule has 0 aliphatic rings. The summed E-state index contributed by atoms with van der Waals surface area (Å²) in [5.74, 6) is 0. The summed E-state index contributed by atoms with van der Waals surface area (Å²) in [7, 11) is -1.02. The van der Waals surface area contributed by atoms with Gasteiger partial charge in [-0.2, -0.15) is 0 Å². The number of benzene rings is 1. The van der Waals surface area contributed by atoms with Crippen LogP contribution in [0.25, 0.3) is 0 Å². The highest BCUT2D eigenvalue weighted by atomic mass is 28.3. The van der Waals surface area contributed by atoms with Gasteiger partial charge in [0.25, 0.3) is 0 Å². The van der Waals surface area contributed by atoms with E-state index in [-0.39, 0.29) is 0 Å². The molecule has 0 radical (unpaired) electrons. The topological polar surface area (TPSA) is 9.23 Å². The molecule has 1 nitrogen and oxygen atoms in total. The van der Waals surface area contributed by atoms with Gasteiger partial charge in [-0.1, -0.05) is 58.0 Å². The first-order chi connectivity index (χ1) is 7.61. The summed E-state index contributed by atoms with van der Waals surface area (Å²) in [6.07, 6.45) is 1.05. The third-order valence-corrected chi connectivity index (χ3v) is 6.11. The molecule has 0 aromatic heterocycles. The lowest BCUT2D eigenvalue weighted by Gasteiger charge is -2.23. The Morgan fingerprint density at radius 2 is 1.56 bits per heavy atom. The highest BCUT2D eigenvalue weighted by Gasteiger charge is 2.20. The quantitative estimate of drug-likeness (QED) is 0.683. The highest BCUT2D eigenvalue weighted by molar-refractivity contribution is 6.54. The van der Waals surface area contributed by atoms with Gasteiger partial charge in [-0.25, -0.2) is 0 Å². The van der Waals surface area contributed by atoms with Crippen molar-refractivity contribution in [3.63, 3.8) is 0 Å². The molecule has 0 amide bonds. The zero-order chi connectivity index (χ0) is 12.0. The maximum atomic E-state index is 6.11. The predicted octanol–water partition coefficient (Wildman–Crippen LogP) is 3.79. The Kier molecular flexibility index (Phi) is 5.78. The van der Waals surface area contributed by atoms with Crippen LogP contribution in [-0.2, 0) is 10.8 Å². The minimum Gasteiger partial charge on any atom is -0.419 e. The summed E-state index contributed by atoms with van der Waals surface area (Å²) >= 11 is 0. The minimum absolute atomic E-state index is 0.732. The summed E-state index contributed by atoms with van der Waals surface area (Å²) < 4.78 is 6.11. The number of hydrogen-bond acceptors (Lipinski definition) is 1. The molecule has 0 spiro atoms. The van der Waals surface area contributed by atoms with Crippen molar-refractivity contribution < 1.29 is 4.43 Å². The van der Waals surface area contributed by atoms with E-state index in [9.17, 15) is 0 Å². The Balaban J connectivity index is 2.34. The molecule has 90 valence electrons. The van der Waals surface area contributed by atoms with Crippen molar-refractivity contribution in [2.45, 2.75) is 45.2 Å². The van der Waals surface area contributed by atoms with Gasteiger partial charge in [0.15, 0.2) is 9.04 Å². The standard InChI is InChI=1S/C14H24OSi/c1-12(2)16(13(3)4)15-11-10-14-8-6-5-7-9-14/h5-9,12-13,16H,10-11H2,1-4H3. The summed E-state index contributed by atoms with van der Waals surface area (Å²) in [5.41, 5.74) is 2.84. The summed E-state index contributed by atoms with van der Waals surface area (Å²) in [5, 5.41) is 0. The first-order valence-corrected chi connectivity index (χ1v) is 8.07. The van der Waals surface area contributed by atoms with Crippen molar-refractivity contribution in [2.24, 2.45) is 0 Å². The van der Waals surface area contributed by atoms with E-state index < -0.39 is 9.04 Å². The van der Waals surface area contributed by atoms with E-state index in [0.717, 1.165) is 24.1 Å². The molecule has 0 N–H and O–H groups in total. The summed E-state index contributed by atoms with van der Waals surface area (Å²) in [6, 6.07) is 10.6. The van der Waals surface area contributed by atoms with Crippen molar-refractivity contribution in [1.82, 2.24) is 0 Å². The Hall–Kier alpha value is -0.603. The van der Waals surface area contributed by atoms with Crippen LogP contribution in [0.15, 0.2) is 30.3 Å². The molecule has 0 fully saturated rings. The normalized spacial score (nSPS) is 11.7. The molecular weight excluding hydrogens is 212 g/mol. The molecule has 0 aliphatic heterocycles. The molecular formula is C14H24OSi. The molecule has 1 rings (SSSR count). The monoisotopic (exact) mass is 236 g/mol. The molecule has 0 heterocycles. The van der Waals surface area contributed by atoms with Crippen LogP contribution in [0.1, 0.15) is 33.3 Å². The van der Waals surface area contributed by atoms with Crippen molar-refractivity contribution in [1.29, 1.82) is 0 Å². The number of hydrogen-bond donors (Lipinski definition) is 0. The molecule has 0 unspecified atom stereocenters. The fourth-order valence-corrected chi connectivity index (χ4v) is 4.81. The third-order valence-electron chi connectivity index (χ3n) is 2.86. The molecule has 0 atom stereocenters. The van der Waals surface area contributed by atoms with E-state index >= 15 is 0 Å². The van der Waals surface area contributed by atoms with Crippen LogP contribution in [0.2, 0.25) is 11.1 Å². The van der Waals surface area contributed by atoms with Gasteiger partial charge in [-0.3, -0.25) is 0 Å². The molecule has 0 saturated heterocycles. The van der Waals surface area contributed by atoms with E-state index in [0.29, 0.717) is 0 Å². The van der Waals surface area contributed by atoms with Crippen molar-refractivity contribution in [2.75, 3.05) is 6.61 Å². The van der Waals surface area contributed by atoms with E-state index in [2.05, 4.69) is 58.0 Å². The Morgan fingerprint density at radius 3 is 2.06 bits per heavy atom. The van der Waals surface area contributed by atoms with Crippen LogP contribution in [0, 0.1) is 0 Å². The highest BCUT2D eigenvalue weighted by Crippen LogP contribution is 2.20. The lowest BCUT2D eigenvalue weighted by Crippen LogP contribution is -2.26. The Labute approximate surface area is 102 Å². The first-order valence-electron chi connectivity index (χ1n) is 6.26. The second-order valence-electron chi connectivity index (χ2n) is 5.06. The average molecular weight is 236 g/mol. The lowest BCUT2D eigenvalue weighted by molar-refractivity contribution is 0.311. The number of rotatable bonds is 6. The predicted molar refractivity (Wildman–Crippen MR) is 73.4 cm³/mol. The van der Waals surface area contributed by atoms with Gasteiger partial charge >= 0.3 is 0 Å². The van der Waals surface area contributed by atoms with Gasteiger partial charge in [0.2, 0.25) is 0 Å². The second-order valence-corrected chi connectivity index (χ2v) is 8.99. The largest absolute Gasteiger partial charge is 0.419 e. The van der Waals surface area contributed by atoms with E-state index in [1.165, 1.54) is 5.56 Å². The maximum Gasteiger partial charge on any atom is 0.181 e. The molecule has 0 aliphatic carbocycles. The molecule has 0 bridgehead atoms. The van der Waals surface area contributed by atoms with Gasteiger partial charge in [-0.05, 0) is 23.1 Å². The van der Waals surface area contributed by atoms with Crippen molar-refractivity contribution >= 4 is 9.04 Å². The van der Waals surface area contributed by atoms with Gasteiger partial charge in [0.05, 0.1) is 0 Å². The van der Waals surface area contributed by atoms with E-state index in [1.807, 2.05) is 0 Å². The fourth-order valence-electron chi connectivity index (χ4n) is 2.11. The molecule has 16 heavy (non-hydrogen) atoms. The van der Waals surface area contributed by atoms with E-state index in [4.69, 9.17) is 4.43 Å². The molecule has 1 aromatic rings. The summed E-state index contributed by atoms with van der Waals surface area (Å²) in [4.78, 5) is 0. The zero-order valence-electron chi connectivity index (χ0n) is 10.9. The summed E-state index contributed by atoms with van der Waals surface area (Å²) in [6.45, 7) is 10.1. The molecule has 1 aromatic carbocycles. The zero-order valence-corrected chi connectivity index (χ0v) is 12.1. The third kappa shape index (κ3) is 4.50. The van der Waals surface area contributed by atoms with Crippen LogP contribution >= 0.6 is 0 Å².